The van der Waals surface area contributed by atoms with Crippen molar-refractivity contribution in [2.24, 2.45) is 17.8 Å². The second kappa shape index (κ2) is 4.48. The summed E-state index contributed by atoms with van der Waals surface area (Å²) in [5, 5.41) is 0. The Morgan fingerprint density at radius 3 is 2.31 bits per heavy atom. The minimum atomic E-state index is 0.219. The van der Waals surface area contributed by atoms with E-state index in [0.29, 0.717) is 29.7 Å². The fourth-order valence-electron chi connectivity index (χ4n) is 3.56. The van der Waals surface area contributed by atoms with Crippen molar-refractivity contribution in [1.29, 1.82) is 0 Å². The van der Waals surface area contributed by atoms with Gasteiger partial charge >= 0.3 is 0 Å². The molecule has 2 saturated heterocycles. The third-order valence-electron chi connectivity index (χ3n) is 4.48. The summed E-state index contributed by atoms with van der Waals surface area (Å²) in [6.07, 6.45) is 3.71. The maximum Gasteiger partial charge on any atom is 0.138 e. The zero-order chi connectivity index (χ0) is 11.9. The molecule has 3 aliphatic rings. The van der Waals surface area contributed by atoms with E-state index < -0.39 is 0 Å². The summed E-state index contributed by atoms with van der Waals surface area (Å²) in [6.45, 7) is 9.81. The van der Waals surface area contributed by atoms with Crippen molar-refractivity contribution in [2.45, 2.75) is 59.0 Å². The number of hydrogen-bond acceptors (Lipinski definition) is 2. The van der Waals surface area contributed by atoms with Gasteiger partial charge in [-0.2, -0.15) is 0 Å². The summed E-state index contributed by atoms with van der Waals surface area (Å²) in [7, 11) is 0. The molecule has 3 fully saturated rings. The average Bonchev–Trinajstić information content (AvgIpc) is 2.28. The lowest BCUT2D eigenvalue weighted by atomic mass is 9.68. The van der Waals surface area contributed by atoms with Crippen molar-refractivity contribution in [3.05, 3.63) is 0 Å². The second-order valence-electron chi connectivity index (χ2n) is 6.18. The highest BCUT2D eigenvalue weighted by Gasteiger charge is 2.44. The summed E-state index contributed by atoms with van der Waals surface area (Å²) in [4.78, 5) is 14.8. The number of fused-ring (bicyclic) bond motifs is 3. The van der Waals surface area contributed by atoms with Gasteiger partial charge in [-0.1, -0.05) is 13.8 Å². The van der Waals surface area contributed by atoms with Crippen LogP contribution in [0.3, 0.4) is 0 Å². The Morgan fingerprint density at radius 1 is 1.19 bits per heavy atom. The van der Waals surface area contributed by atoms with Crippen molar-refractivity contribution in [2.75, 3.05) is 6.54 Å². The van der Waals surface area contributed by atoms with E-state index in [1.54, 1.807) is 0 Å². The number of rotatable bonds is 3. The van der Waals surface area contributed by atoms with Crippen molar-refractivity contribution in [3.8, 4) is 0 Å². The van der Waals surface area contributed by atoms with Crippen LogP contribution in [0.1, 0.15) is 47.0 Å². The largest absolute Gasteiger partial charge is 0.299 e. The van der Waals surface area contributed by atoms with Gasteiger partial charge in [0.15, 0.2) is 0 Å². The summed E-state index contributed by atoms with van der Waals surface area (Å²) in [5.41, 5.74) is 0. The molecule has 0 aromatic carbocycles. The van der Waals surface area contributed by atoms with E-state index in [0.717, 1.165) is 13.0 Å². The molecule has 92 valence electrons. The molecule has 3 atom stereocenters. The molecule has 0 amide bonds. The van der Waals surface area contributed by atoms with Gasteiger partial charge in [0.2, 0.25) is 0 Å². The lowest BCUT2D eigenvalue weighted by Gasteiger charge is -2.51. The molecular weight excluding hydrogens is 198 g/mol. The van der Waals surface area contributed by atoms with Crippen LogP contribution in [-0.4, -0.2) is 29.3 Å². The van der Waals surface area contributed by atoms with Crippen LogP contribution < -0.4 is 0 Å². The zero-order valence-corrected chi connectivity index (χ0v) is 11.1. The van der Waals surface area contributed by atoms with Gasteiger partial charge < -0.3 is 0 Å². The van der Waals surface area contributed by atoms with Crippen molar-refractivity contribution in [3.63, 3.8) is 0 Å². The third kappa shape index (κ3) is 2.04. The Hall–Kier alpha value is -0.370. The summed E-state index contributed by atoms with van der Waals surface area (Å²) >= 11 is 0. The monoisotopic (exact) mass is 223 g/mol. The number of nitrogens with zero attached hydrogens (tertiary/aromatic N) is 1. The fraction of sp³-hybridized carbons (Fsp3) is 0.929. The fourth-order valence-corrected chi connectivity index (χ4v) is 3.56. The van der Waals surface area contributed by atoms with Gasteiger partial charge in [-0.05, 0) is 39.0 Å². The summed E-state index contributed by atoms with van der Waals surface area (Å²) in [6, 6.07) is 1.32. The van der Waals surface area contributed by atoms with E-state index in [1.807, 2.05) is 13.8 Å². The molecule has 0 aromatic heterocycles. The molecule has 0 spiro atoms. The van der Waals surface area contributed by atoms with E-state index in [9.17, 15) is 4.79 Å². The van der Waals surface area contributed by atoms with Gasteiger partial charge in [0, 0.05) is 30.5 Å². The number of carbonyl (C=O) groups is 1. The topological polar surface area (TPSA) is 20.3 Å². The molecule has 2 bridgehead atoms. The van der Waals surface area contributed by atoms with Crippen molar-refractivity contribution in [1.82, 2.24) is 4.90 Å². The van der Waals surface area contributed by atoms with Gasteiger partial charge in [0.05, 0.1) is 0 Å². The summed E-state index contributed by atoms with van der Waals surface area (Å²) < 4.78 is 0. The van der Waals surface area contributed by atoms with E-state index in [1.165, 1.54) is 12.8 Å². The zero-order valence-electron chi connectivity index (χ0n) is 11.1. The van der Waals surface area contributed by atoms with Crippen LogP contribution in [0.25, 0.3) is 0 Å². The molecule has 1 aliphatic carbocycles. The molecular formula is C14H25NO. The van der Waals surface area contributed by atoms with Crippen molar-refractivity contribution < 1.29 is 4.79 Å². The molecule has 1 saturated carbocycles. The molecule has 0 N–H and O–H groups in total. The Balaban J connectivity index is 2.06. The first-order valence-electron chi connectivity index (χ1n) is 6.80. The summed E-state index contributed by atoms with van der Waals surface area (Å²) in [5.74, 6) is 1.74. The van der Waals surface area contributed by atoms with Crippen LogP contribution in [0.5, 0.6) is 0 Å². The van der Waals surface area contributed by atoms with Gasteiger partial charge in [0.1, 0.15) is 5.78 Å². The molecule has 16 heavy (non-hydrogen) atoms. The van der Waals surface area contributed by atoms with Crippen LogP contribution in [0.2, 0.25) is 0 Å². The predicted molar refractivity (Wildman–Crippen MR) is 66.3 cm³/mol. The molecule has 0 radical (unpaired) electrons. The minimum Gasteiger partial charge on any atom is -0.299 e. The van der Waals surface area contributed by atoms with E-state index in [2.05, 4.69) is 18.7 Å². The molecule has 2 heteroatoms. The van der Waals surface area contributed by atoms with Crippen LogP contribution in [0.15, 0.2) is 0 Å². The van der Waals surface area contributed by atoms with Gasteiger partial charge in [0.25, 0.3) is 0 Å². The molecule has 2 nitrogen and oxygen atoms in total. The maximum atomic E-state index is 12.1. The molecule has 3 unspecified atom stereocenters. The smallest absolute Gasteiger partial charge is 0.138 e. The first-order chi connectivity index (χ1) is 7.50. The second-order valence-corrected chi connectivity index (χ2v) is 6.18. The Bertz CT molecular complexity index is 272. The first kappa shape index (κ1) is 12.1. The average molecular weight is 223 g/mol. The molecule has 2 aliphatic heterocycles. The van der Waals surface area contributed by atoms with Gasteiger partial charge in [-0.25, -0.2) is 0 Å². The number of hydrogen-bond donors (Lipinski definition) is 0. The predicted octanol–water partition coefficient (Wildman–Crippen LogP) is 2.72. The Morgan fingerprint density at radius 2 is 1.88 bits per heavy atom. The number of piperidine rings is 2. The van der Waals surface area contributed by atoms with Gasteiger partial charge in [-0.3, -0.25) is 9.69 Å². The van der Waals surface area contributed by atoms with E-state index >= 15 is 0 Å². The van der Waals surface area contributed by atoms with Crippen LogP contribution in [0.4, 0.5) is 0 Å². The van der Waals surface area contributed by atoms with E-state index in [4.69, 9.17) is 0 Å². The Kier molecular flexibility index (Phi) is 3.39. The molecule has 3 rings (SSSR count). The highest BCUT2D eigenvalue weighted by atomic mass is 16.1. The highest BCUT2D eigenvalue weighted by molar-refractivity contribution is 5.83. The molecule has 0 aromatic rings. The Labute approximate surface area is 99.4 Å². The highest BCUT2D eigenvalue weighted by Crippen LogP contribution is 2.41. The third-order valence-corrected chi connectivity index (χ3v) is 4.48. The first-order valence-corrected chi connectivity index (χ1v) is 6.80. The normalized spacial score (nSPS) is 35.0. The quantitative estimate of drug-likeness (QED) is 0.733. The van der Waals surface area contributed by atoms with Crippen LogP contribution >= 0.6 is 0 Å². The van der Waals surface area contributed by atoms with Gasteiger partial charge in [-0.15, -0.1) is 0 Å². The number of carbonyl (C=O) groups excluding carboxylic acids is 1. The SMILES string of the molecule is CC(C)C(=O)C1CC2CCC1CN2C(C)C. The number of Topliss-reactive ketones (excluding diaryl/α,β-unsaturated/α-hetero) is 1. The lowest BCUT2D eigenvalue weighted by Crippen LogP contribution is -2.56. The van der Waals surface area contributed by atoms with Crippen LogP contribution in [0, 0.1) is 17.8 Å². The van der Waals surface area contributed by atoms with Crippen molar-refractivity contribution >= 4 is 5.78 Å². The minimum absolute atomic E-state index is 0.219. The standard InChI is InChI=1S/C14H25NO/c1-9(2)14(16)13-7-12-6-5-11(13)8-15(12)10(3)4/h9-13H,5-8H2,1-4H3. The van der Waals surface area contributed by atoms with E-state index in [-0.39, 0.29) is 5.92 Å². The molecule has 2 heterocycles. The van der Waals surface area contributed by atoms with Crippen LogP contribution in [-0.2, 0) is 4.79 Å². The maximum absolute atomic E-state index is 12.1. The lowest BCUT2D eigenvalue weighted by molar-refractivity contribution is -0.134. The number of ketones is 1.